The van der Waals surface area contributed by atoms with Crippen molar-refractivity contribution < 1.29 is 9.32 Å². The number of nitrogens with one attached hydrogen (secondary N) is 1. The van der Waals surface area contributed by atoms with Crippen LogP contribution in [0.4, 0.5) is 0 Å². The number of carbonyl (C=O) groups is 1. The van der Waals surface area contributed by atoms with E-state index in [1.54, 1.807) is 23.6 Å². The Balaban J connectivity index is 1.33. The van der Waals surface area contributed by atoms with E-state index in [-0.39, 0.29) is 11.6 Å². The number of pyridine rings is 1. The molecule has 0 unspecified atom stereocenters. The van der Waals surface area contributed by atoms with Crippen molar-refractivity contribution in [2.75, 3.05) is 6.54 Å². The van der Waals surface area contributed by atoms with Crippen molar-refractivity contribution in [2.45, 2.75) is 6.42 Å². The summed E-state index contributed by atoms with van der Waals surface area (Å²) in [6.07, 6.45) is 2.39. The third-order valence-electron chi connectivity index (χ3n) is 3.90. The first kappa shape index (κ1) is 17.1. The van der Waals surface area contributed by atoms with E-state index in [0.29, 0.717) is 18.7 Å². The molecule has 1 aromatic carbocycles. The highest BCUT2D eigenvalue weighted by Crippen LogP contribution is 2.22. The molecular formula is C20H16N4O2S. The van der Waals surface area contributed by atoms with Gasteiger partial charge in [0, 0.05) is 36.2 Å². The summed E-state index contributed by atoms with van der Waals surface area (Å²) in [6.45, 7) is 0.470. The van der Waals surface area contributed by atoms with Crippen LogP contribution in [-0.2, 0) is 6.42 Å². The van der Waals surface area contributed by atoms with Crippen LogP contribution in [0.5, 0.6) is 0 Å². The van der Waals surface area contributed by atoms with Crippen molar-refractivity contribution in [1.82, 2.24) is 20.4 Å². The van der Waals surface area contributed by atoms with E-state index in [9.17, 15) is 4.79 Å². The normalized spacial score (nSPS) is 10.7. The number of hydrogen-bond acceptors (Lipinski definition) is 6. The lowest BCUT2D eigenvalue weighted by Crippen LogP contribution is -2.26. The molecule has 0 aliphatic carbocycles. The molecule has 7 heteroatoms. The van der Waals surface area contributed by atoms with Crippen LogP contribution in [0.1, 0.15) is 16.2 Å². The second-order valence-corrected chi connectivity index (χ2v) is 6.67. The number of aromatic nitrogens is 3. The van der Waals surface area contributed by atoms with Crippen molar-refractivity contribution >= 4 is 17.2 Å². The van der Waals surface area contributed by atoms with Crippen molar-refractivity contribution in [3.63, 3.8) is 0 Å². The maximum Gasteiger partial charge on any atom is 0.273 e. The molecular weight excluding hydrogens is 360 g/mol. The summed E-state index contributed by atoms with van der Waals surface area (Å²) < 4.78 is 5.26. The highest BCUT2D eigenvalue weighted by Gasteiger charge is 2.13. The molecule has 6 nitrogen and oxygen atoms in total. The van der Waals surface area contributed by atoms with Gasteiger partial charge in [-0.25, -0.2) is 4.98 Å². The van der Waals surface area contributed by atoms with Gasteiger partial charge in [-0.2, -0.15) is 0 Å². The number of benzene rings is 1. The Hall–Kier alpha value is -3.32. The molecule has 1 N–H and O–H groups in total. The van der Waals surface area contributed by atoms with Crippen LogP contribution in [0.3, 0.4) is 0 Å². The van der Waals surface area contributed by atoms with Crippen molar-refractivity contribution in [3.8, 4) is 22.0 Å². The predicted octanol–water partition coefficient (Wildman–Crippen LogP) is 3.83. The average molecular weight is 376 g/mol. The fraction of sp³-hybridized carbons (Fsp3) is 0.100. The van der Waals surface area contributed by atoms with Gasteiger partial charge in [0.05, 0.1) is 11.4 Å². The number of nitrogens with zero attached hydrogens (tertiary/aromatic N) is 3. The number of carbonyl (C=O) groups excluding carboxylic acids is 1. The second kappa shape index (κ2) is 7.92. The van der Waals surface area contributed by atoms with Crippen LogP contribution < -0.4 is 5.32 Å². The van der Waals surface area contributed by atoms with Crippen molar-refractivity contribution in [1.29, 1.82) is 0 Å². The van der Waals surface area contributed by atoms with E-state index in [1.807, 2.05) is 53.9 Å². The maximum absolute atomic E-state index is 12.2. The van der Waals surface area contributed by atoms with Gasteiger partial charge in [-0.15, -0.1) is 11.3 Å². The van der Waals surface area contributed by atoms with Gasteiger partial charge in [-0.3, -0.25) is 9.78 Å². The highest BCUT2D eigenvalue weighted by molar-refractivity contribution is 7.13. The molecule has 0 bridgehead atoms. The molecule has 134 valence electrons. The van der Waals surface area contributed by atoms with Gasteiger partial charge in [0.15, 0.2) is 11.5 Å². The molecule has 0 saturated carbocycles. The highest BCUT2D eigenvalue weighted by atomic mass is 32.1. The zero-order chi connectivity index (χ0) is 18.5. The van der Waals surface area contributed by atoms with Gasteiger partial charge in [-0.05, 0) is 12.1 Å². The van der Waals surface area contributed by atoms with E-state index >= 15 is 0 Å². The largest absolute Gasteiger partial charge is 0.355 e. The third-order valence-corrected chi connectivity index (χ3v) is 4.82. The summed E-state index contributed by atoms with van der Waals surface area (Å²) in [4.78, 5) is 21.1. The van der Waals surface area contributed by atoms with Crippen molar-refractivity contribution in [3.05, 3.63) is 77.6 Å². The molecule has 3 aromatic heterocycles. The zero-order valence-corrected chi connectivity index (χ0v) is 15.1. The molecule has 0 saturated heterocycles. The van der Waals surface area contributed by atoms with E-state index in [0.717, 1.165) is 22.0 Å². The van der Waals surface area contributed by atoms with Gasteiger partial charge in [-0.1, -0.05) is 41.6 Å². The first-order valence-corrected chi connectivity index (χ1v) is 9.34. The molecule has 0 atom stereocenters. The van der Waals surface area contributed by atoms with E-state index in [1.165, 1.54) is 0 Å². The quantitative estimate of drug-likeness (QED) is 0.553. The fourth-order valence-electron chi connectivity index (χ4n) is 2.54. The minimum absolute atomic E-state index is 0.263. The minimum atomic E-state index is -0.263. The summed E-state index contributed by atoms with van der Waals surface area (Å²) in [5.41, 5.74) is 2.93. The van der Waals surface area contributed by atoms with E-state index in [2.05, 4.69) is 20.4 Å². The zero-order valence-electron chi connectivity index (χ0n) is 14.3. The first-order chi connectivity index (χ1) is 13.3. The second-order valence-electron chi connectivity index (χ2n) is 5.81. The number of hydrogen-bond donors (Lipinski definition) is 1. The van der Waals surface area contributed by atoms with Crippen molar-refractivity contribution in [2.24, 2.45) is 0 Å². The minimum Gasteiger partial charge on any atom is -0.355 e. The summed E-state index contributed by atoms with van der Waals surface area (Å²) in [5.74, 6) is 0.307. The fourth-order valence-corrected chi connectivity index (χ4v) is 3.37. The molecule has 0 aliphatic heterocycles. The molecule has 4 rings (SSSR count). The number of amides is 1. The summed E-state index contributed by atoms with van der Waals surface area (Å²) in [5, 5.41) is 9.56. The van der Waals surface area contributed by atoms with Crippen LogP contribution in [0.25, 0.3) is 22.0 Å². The van der Waals surface area contributed by atoms with Gasteiger partial charge in [0.2, 0.25) is 0 Å². The van der Waals surface area contributed by atoms with Gasteiger partial charge < -0.3 is 9.84 Å². The Kier molecular flexibility index (Phi) is 5.02. The van der Waals surface area contributed by atoms with Gasteiger partial charge >= 0.3 is 0 Å². The number of rotatable bonds is 6. The van der Waals surface area contributed by atoms with Crippen LogP contribution in [0.2, 0.25) is 0 Å². The number of thiazole rings is 1. The smallest absolute Gasteiger partial charge is 0.273 e. The first-order valence-electron chi connectivity index (χ1n) is 8.46. The van der Waals surface area contributed by atoms with E-state index in [4.69, 9.17) is 4.52 Å². The SMILES string of the molecule is O=C(NCCc1csc(-c2ccccn2)n1)c1cc(-c2ccccc2)on1. The Morgan fingerprint density at radius 2 is 1.96 bits per heavy atom. The summed E-state index contributed by atoms with van der Waals surface area (Å²) in [6, 6.07) is 16.9. The lowest BCUT2D eigenvalue weighted by Gasteiger charge is -2.00. The monoisotopic (exact) mass is 376 g/mol. The van der Waals surface area contributed by atoms with Crippen LogP contribution in [-0.4, -0.2) is 27.6 Å². The summed E-state index contributed by atoms with van der Waals surface area (Å²) >= 11 is 1.55. The Morgan fingerprint density at radius 3 is 2.78 bits per heavy atom. The predicted molar refractivity (Wildman–Crippen MR) is 103 cm³/mol. The maximum atomic E-state index is 12.2. The van der Waals surface area contributed by atoms with Crippen LogP contribution in [0.15, 0.2) is 70.7 Å². The Labute approximate surface area is 159 Å². The van der Waals surface area contributed by atoms with E-state index < -0.39 is 0 Å². The molecule has 4 aromatic rings. The molecule has 27 heavy (non-hydrogen) atoms. The Bertz CT molecular complexity index is 1030. The molecule has 0 aliphatic rings. The topological polar surface area (TPSA) is 80.9 Å². The van der Waals surface area contributed by atoms with Gasteiger partial charge in [0.1, 0.15) is 5.01 Å². The molecule has 0 fully saturated rings. The van der Waals surface area contributed by atoms with Crippen LogP contribution in [0, 0.1) is 0 Å². The Morgan fingerprint density at radius 1 is 1.11 bits per heavy atom. The molecule has 0 spiro atoms. The molecule has 0 radical (unpaired) electrons. The third kappa shape index (κ3) is 4.09. The molecule has 1 amide bonds. The van der Waals surface area contributed by atoms with Gasteiger partial charge in [0.25, 0.3) is 5.91 Å². The summed E-state index contributed by atoms with van der Waals surface area (Å²) in [7, 11) is 0. The average Bonchev–Trinajstić information content (AvgIpc) is 3.39. The lowest BCUT2D eigenvalue weighted by atomic mass is 10.1. The van der Waals surface area contributed by atoms with Crippen LogP contribution >= 0.6 is 11.3 Å². The standard InChI is InChI=1S/C20H16N4O2S/c25-19(17-12-18(26-24-17)14-6-2-1-3-7-14)22-11-9-15-13-27-20(23-15)16-8-4-5-10-21-16/h1-8,10,12-13H,9,11H2,(H,22,25). The lowest BCUT2D eigenvalue weighted by molar-refractivity contribution is 0.0945. The molecule has 3 heterocycles.